The molecule has 3 aromatic heterocycles. The van der Waals surface area contributed by atoms with Gasteiger partial charge >= 0.3 is 0 Å². The second-order valence-electron chi connectivity index (χ2n) is 13.2. The summed E-state index contributed by atoms with van der Waals surface area (Å²) in [6.45, 7) is 14.6. The number of hydrogen-bond donors (Lipinski definition) is 0. The minimum atomic E-state index is -1.24. The lowest BCUT2D eigenvalue weighted by molar-refractivity contribution is 0.273. The first-order valence-electron chi connectivity index (χ1n) is 13.6. The largest absolute Gasteiger partial charge is 0.256 e. The molecule has 3 aromatic rings. The fourth-order valence-corrected chi connectivity index (χ4v) is 6.05. The first-order chi connectivity index (χ1) is 18.5. The van der Waals surface area contributed by atoms with Crippen LogP contribution in [0.3, 0.4) is 0 Å². The molecule has 3 nitrogen and oxygen atoms in total. The minimum Gasteiger partial charge on any atom is -0.256 e. The molecule has 40 heavy (non-hydrogen) atoms. The van der Waals surface area contributed by atoms with Gasteiger partial charge in [0.25, 0.3) is 0 Å². The van der Waals surface area contributed by atoms with Crippen molar-refractivity contribution in [3.8, 4) is 0 Å². The zero-order valence-electron chi connectivity index (χ0n) is 24.3. The van der Waals surface area contributed by atoms with Crippen molar-refractivity contribution in [2.75, 3.05) is 0 Å². The molecule has 0 amide bonds. The number of pyridine rings is 3. The van der Waals surface area contributed by atoms with Crippen molar-refractivity contribution >= 4 is 0 Å². The predicted molar refractivity (Wildman–Crippen MR) is 148 cm³/mol. The Balaban J connectivity index is 1.87. The van der Waals surface area contributed by atoms with E-state index in [0.29, 0.717) is 22.7 Å². The molecule has 1 atom stereocenters. The molecule has 2 aliphatic rings. The van der Waals surface area contributed by atoms with E-state index in [1.165, 1.54) is 0 Å². The average Bonchev–Trinajstić information content (AvgIpc) is 2.87. The van der Waals surface area contributed by atoms with Crippen molar-refractivity contribution in [1.29, 1.82) is 0 Å². The van der Waals surface area contributed by atoms with Gasteiger partial charge in [-0.3, -0.25) is 15.0 Å². The van der Waals surface area contributed by atoms with Crippen LogP contribution in [0.15, 0.2) is 65.8 Å². The Hall–Kier alpha value is -3.35. The molecular weight excluding hydrogens is 514 g/mol. The molecule has 0 aromatic carbocycles. The molecule has 4 heterocycles. The van der Waals surface area contributed by atoms with Gasteiger partial charge in [-0.25, -0.2) is 17.6 Å². The highest BCUT2D eigenvalue weighted by molar-refractivity contribution is 5.44. The van der Waals surface area contributed by atoms with Gasteiger partial charge in [0, 0.05) is 34.3 Å². The van der Waals surface area contributed by atoms with Gasteiger partial charge in [0.2, 0.25) is 0 Å². The summed E-state index contributed by atoms with van der Waals surface area (Å²) in [6.07, 6.45) is 0.881. The third-order valence-electron chi connectivity index (χ3n) is 9.11. The summed E-state index contributed by atoms with van der Waals surface area (Å²) in [5.41, 5.74) is -0.934. The molecule has 1 unspecified atom stereocenters. The smallest absolute Gasteiger partial charge is 0.148 e. The molecule has 1 aliphatic carbocycles. The summed E-state index contributed by atoms with van der Waals surface area (Å²) in [7, 11) is 0. The van der Waals surface area contributed by atoms with Crippen LogP contribution in [-0.4, -0.2) is 15.0 Å². The highest BCUT2D eigenvalue weighted by atomic mass is 19.1. The molecule has 210 valence electrons. The lowest BCUT2D eigenvalue weighted by atomic mass is 9.66. The van der Waals surface area contributed by atoms with Crippen molar-refractivity contribution in [2.45, 2.75) is 83.5 Å². The van der Waals surface area contributed by atoms with Gasteiger partial charge in [0.1, 0.15) is 23.3 Å². The van der Waals surface area contributed by atoms with Crippen LogP contribution in [0.4, 0.5) is 17.6 Å². The molecule has 5 rings (SSSR count). The van der Waals surface area contributed by atoms with E-state index in [4.69, 9.17) is 9.97 Å². The van der Waals surface area contributed by atoms with Gasteiger partial charge in [-0.2, -0.15) is 0 Å². The van der Waals surface area contributed by atoms with Gasteiger partial charge < -0.3 is 0 Å². The van der Waals surface area contributed by atoms with E-state index >= 15 is 17.6 Å². The van der Waals surface area contributed by atoms with E-state index in [9.17, 15) is 0 Å². The number of nitrogens with zero attached hydrogens (tertiary/aromatic N) is 3. The second kappa shape index (κ2) is 9.08. The van der Waals surface area contributed by atoms with Crippen molar-refractivity contribution < 1.29 is 17.6 Å². The Bertz CT molecular complexity index is 1580. The molecular formula is C33H35F4N3. The highest BCUT2D eigenvalue weighted by Crippen LogP contribution is 2.49. The SMILES string of the molecule is CC1(C)C2=C(F)C=C(F)C(C2)C(C)(C)c2nc(c(F)cc2F)C(C)(C)c2cccc(n2)C(C)(C)c2cccc1n2. The lowest BCUT2D eigenvalue weighted by Gasteiger charge is -2.40. The topological polar surface area (TPSA) is 38.7 Å². The van der Waals surface area contributed by atoms with E-state index in [1.54, 1.807) is 33.8 Å². The molecule has 0 fully saturated rings. The summed E-state index contributed by atoms with van der Waals surface area (Å²) in [5, 5.41) is 0. The Morgan fingerprint density at radius 3 is 1.65 bits per heavy atom. The third-order valence-corrected chi connectivity index (χ3v) is 9.11. The van der Waals surface area contributed by atoms with E-state index in [2.05, 4.69) is 4.98 Å². The van der Waals surface area contributed by atoms with Crippen LogP contribution in [0.1, 0.15) is 96.0 Å². The molecule has 0 spiro atoms. The van der Waals surface area contributed by atoms with Crippen LogP contribution in [0.2, 0.25) is 0 Å². The maximum Gasteiger partial charge on any atom is 0.148 e. The zero-order chi connectivity index (χ0) is 29.4. The number of halogens is 4. The van der Waals surface area contributed by atoms with Gasteiger partial charge in [-0.05, 0) is 64.0 Å². The Kier molecular flexibility index (Phi) is 6.40. The number of fused-ring (bicyclic) bond motifs is 8. The Labute approximate surface area is 233 Å². The fraction of sp³-hybridized carbons (Fsp3) is 0.424. The van der Waals surface area contributed by atoms with Crippen LogP contribution in [0.5, 0.6) is 0 Å². The molecule has 7 heteroatoms. The number of aromatic nitrogens is 3. The predicted octanol–water partition coefficient (Wildman–Crippen LogP) is 8.47. The van der Waals surface area contributed by atoms with Gasteiger partial charge in [0.15, 0.2) is 0 Å². The Morgan fingerprint density at radius 2 is 1.10 bits per heavy atom. The summed E-state index contributed by atoms with van der Waals surface area (Å²) >= 11 is 0. The van der Waals surface area contributed by atoms with Crippen LogP contribution < -0.4 is 0 Å². The van der Waals surface area contributed by atoms with E-state index < -0.39 is 50.9 Å². The average molecular weight is 550 g/mol. The van der Waals surface area contributed by atoms with Crippen molar-refractivity contribution in [3.05, 3.63) is 112 Å². The van der Waals surface area contributed by atoms with E-state index in [1.807, 2.05) is 58.0 Å². The van der Waals surface area contributed by atoms with Crippen LogP contribution in [0.25, 0.3) is 0 Å². The molecule has 1 aliphatic heterocycles. The van der Waals surface area contributed by atoms with Crippen LogP contribution >= 0.6 is 0 Å². The number of allylic oxidation sites excluding steroid dienone is 4. The summed E-state index contributed by atoms with van der Waals surface area (Å²) < 4.78 is 62.0. The summed E-state index contributed by atoms with van der Waals surface area (Å²) in [6, 6.07) is 12.0. The zero-order valence-corrected chi connectivity index (χ0v) is 24.3. The Morgan fingerprint density at radius 1 is 0.625 bits per heavy atom. The van der Waals surface area contributed by atoms with E-state index in [0.717, 1.165) is 17.8 Å². The fourth-order valence-electron chi connectivity index (χ4n) is 6.05. The number of hydrogen-bond acceptors (Lipinski definition) is 3. The number of rotatable bonds is 0. The van der Waals surface area contributed by atoms with Crippen molar-refractivity contribution in [3.63, 3.8) is 0 Å². The first-order valence-corrected chi connectivity index (χ1v) is 13.6. The van der Waals surface area contributed by atoms with E-state index in [-0.39, 0.29) is 17.8 Å². The molecule has 0 saturated carbocycles. The summed E-state index contributed by atoms with van der Waals surface area (Å²) in [5.74, 6) is -3.98. The van der Waals surface area contributed by atoms with Gasteiger partial charge in [-0.1, -0.05) is 39.8 Å². The third kappa shape index (κ3) is 4.20. The standard InChI is InChI=1S/C33H35F4N3/c1-30(2)18-15-19(21(35)16-20(18)34)31(3,4)28-22(36)17-23(37)29(40-28)33(7,8)27-14-10-13-26(39-27)32(5,6)25-12-9-11-24(30)38-25/h9-14,16-17,19H,15H2,1-8H3. The second-order valence-corrected chi connectivity index (χ2v) is 13.2. The first kappa shape index (κ1) is 28.2. The molecule has 0 radical (unpaired) electrons. The molecule has 8 bridgehead atoms. The van der Waals surface area contributed by atoms with Crippen LogP contribution in [-0.2, 0) is 21.7 Å². The van der Waals surface area contributed by atoms with Crippen LogP contribution in [0, 0.1) is 17.6 Å². The van der Waals surface area contributed by atoms with Crippen molar-refractivity contribution in [1.82, 2.24) is 15.0 Å². The van der Waals surface area contributed by atoms with Gasteiger partial charge in [0.05, 0.1) is 39.6 Å². The molecule has 0 saturated heterocycles. The quantitative estimate of drug-likeness (QED) is 0.264. The lowest BCUT2D eigenvalue weighted by Crippen LogP contribution is -2.37. The normalized spacial score (nSPS) is 22.5. The maximum atomic E-state index is 15.6. The highest BCUT2D eigenvalue weighted by Gasteiger charge is 2.45. The minimum absolute atomic E-state index is 0.00845. The van der Waals surface area contributed by atoms with Crippen molar-refractivity contribution in [2.24, 2.45) is 5.92 Å². The van der Waals surface area contributed by atoms with Gasteiger partial charge in [-0.15, -0.1) is 0 Å². The monoisotopic (exact) mass is 549 g/mol. The summed E-state index contributed by atoms with van der Waals surface area (Å²) in [4.78, 5) is 14.5. The molecule has 0 N–H and O–H groups in total. The maximum absolute atomic E-state index is 15.6.